The second-order valence-corrected chi connectivity index (χ2v) is 8.03. The molecule has 1 aromatic heterocycles. The van der Waals surface area contributed by atoms with E-state index in [0.717, 1.165) is 16.0 Å². The number of hydrogen-bond acceptors (Lipinski definition) is 4. The van der Waals surface area contributed by atoms with E-state index in [4.69, 9.17) is 0 Å². The van der Waals surface area contributed by atoms with Gasteiger partial charge in [-0.05, 0) is 59.3 Å². The van der Waals surface area contributed by atoms with E-state index >= 15 is 4.39 Å². The topological polar surface area (TPSA) is 67.0 Å². The second kappa shape index (κ2) is 8.57. The average Bonchev–Trinajstić information content (AvgIpc) is 3.26. The number of nitrogens with zero attached hydrogens (tertiary/aromatic N) is 1. The van der Waals surface area contributed by atoms with Gasteiger partial charge in [-0.2, -0.15) is 8.78 Å². The number of aromatic amines is 1. The summed E-state index contributed by atoms with van der Waals surface area (Å²) in [4.78, 5) is 19.1. The summed E-state index contributed by atoms with van der Waals surface area (Å²) in [5.41, 5.74) is -0.119. The van der Waals surface area contributed by atoms with Crippen molar-refractivity contribution in [1.29, 1.82) is 0 Å². The van der Waals surface area contributed by atoms with Crippen LogP contribution in [0.5, 0.6) is 5.75 Å². The van der Waals surface area contributed by atoms with Crippen LogP contribution in [0.2, 0.25) is 0 Å². The van der Waals surface area contributed by atoms with E-state index in [1.54, 1.807) is 25.1 Å². The first-order chi connectivity index (χ1) is 15.6. The van der Waals surface area contributed by atoms with Gasteiger partial charge in [0, 0.05) is 9.26 Å². The Morgan fingerprint density at radius 2 is 1.61 bits per heavy atom. The summed E-state index contributed by atoms with van der Waals surface area (Å²) in [5.74, 6) is -16.1. The molecular formula is C21H10F6IN3O2. The molecule has 4 aromatic rings. The van der Waals surface area contributed by atoms with Crippen molar-refractivity contribution < 1.29 is 35.9 Å². The lowest BCUT2D eigenvalue weighted by atomic mass is 10.1. The van der Waals surface area contributed by atoms with Crippen LogP contribution in [0.25, 0.3) is 11.0 Å². The summed E-state index contributed by atoms with van der Waals surface area (Å²) in [7, 11) is 0. The molecule has 0 saturated carbocycles. The Bertz CT molecular complexity index is 1410. The lowest BCUT2D eigenvalue weighted by Crippen LogP contribution is -2.16. The van der Waals surface area contributed by atoms with E-state index in [0.29, 0.717) is 11.3 Å². The molecule has 2 N–H and O–H groups in total. The Morgan fingerprint density at radius 1 is 0.970 bits per heavy atom. The van der Waals surface area contributed by atoms with Crippen molar-refractivity contribution in [1.82, 2.24) is 9.97 Å². The quantitative estimate of drug-likeness (QED) is 0.0750. The van der Waals surface area contributed by atoms with Gasteiger partial charge in [0.1, 0.15) is 5.52 Å². The number of esters is 1. The van der Waals surface area contributed by atoms with Crippen LogP contribution in [0, 0.1) is 45.4 Å². The Hall–Kier alpha value is -3.29. The third kappa shape index (κ3) is 3.98. The number of anilines is 2. The number of fused-ring (bicyclic) bond motifs is 1. The third-order valence-corrected chi connectivity index (χ3v) is 5.36. The number of rotatable bonds is 4. The lowest BCUT2D eigenvalue weighted by Gasteiger charge is -2.15. The maximum Gasteiger partial charge on any atom is 0.346 e. The Labute approximate surface area is 194 Å². The van der Waals surface area contributed by atoms with Crippen LogP contribution in [-0.4, -0.2) is 15.9 Å². The number of halogens is 7. The number of carbonyl (C=O) groups excluding carboxylic acids is 1. The van der Waals surface area contributed by atoms with Gasteiger partial charge in [-0.25, -0.2) is 27.3 Å². The normalized spacial score (nSPS) is 11.2. The van der Waals surface area contributed by atoms with Gasteiger partial charge in [0.25, 0.3) is 0 Å². The minimum Gasteiger partial charge on any atom is -0.416 e. The molecule has 0 spiro atoms. The SMILES string of the molecule is Cc1cc(I)ccc1Nc1c(C(=O)Oc2c(F)c(F)c(F)c(F)c2F)cc2[nH]cnc2c1F. The molecule has 0 unspecified atom stereocenters. The van der Waals surface area contributed by atoms with Gasteiger partial charge >= 0.3 is 5.97 Å². The van der Waals surface area contributed by atoms with E-state index < -0.39 is 57.9 Å². The van der Waals surface area contributed by atoms with Crippen LogP contribution >= 0.6 is 22.6 Å². The number of benzene rings is 3. The molecule has 170 valence electrons. The van der Waals surface area contributed by atoms with Crippen LogP contribution < -0.4 is 10.1 Å². The van der Waals surface area contributed by atoms with Gasteiger partial charge in [-0.15, -0.1) is 0 Å². The first-order valence-electron chi connectivity index (χ1n) is 9.02. The standard InChI is InChI=1S/C21H10F6IN3O2/c1-7-4-8(28)2-3-10(7)31-18-9(5-11-19(17(18)27)30-6-29-11)21(32)33-20-15(25)13(23)12(22)14(24)16(20)26/h2-6,31H,1H3,(H,29,30). The predicted molar refractivity (Wildman–Crippen MR) is 114 cm³/mol. The highest BCUT2D eigenvalue weighted by molar-refractivity contribution is 14.1. The summed E-state index contributed by atoms with van der Waals surface area (Å²) in [5, 5.41) is 2.72. The zero-order valence-corrected chi connectivity index (χ0v) is 18.5. The van der Waals surface area contributed by atoms with Gasteiger partial charge in [0.15, 0.2) is 5.82 Å². The largest absolute Gasteiger partial charge is 0.416 e. The third-order valence-electron chi connectivity index (χ3n) is 4.69. The van der Waals surface area contributed by atoms with E-state index in [1.807, 2.05) is 0 Å². The first kappa shape index (κ1) is 22.9. The number of nitrogens with one attached hydrogen (secondary N) is 2. The monoisotopic (exact) mass is 577 g/mol. The van der Waals surface area contributed by atoms with Crippen molar-refractivity contribution in [2.24, 2.45) is 0 Å². The minimum atomic E-state index is -2.41. The summed E-state index contributed by atoms with van der Waals surface area (Å²) < 4.78 is 88.9. The van der Waals surface area contributed by atoms with Crippen LogP contribution in [0.4, 0.5) is 37.7 Å². The second-order valence-electron chi connectivity index (χ2n) is 6.78. The molecule has 12 heteroatoms. The highest BCUT2D eigenvalue weighted by atomic mass is 127. The Balaban J connectivity index is 1.84. The average molecular weight is 577 g/mol. The van der Waals surface area contributed by atoms with Gasteiger partial charge in [-0.3, -0.25) is 0 Å². The number of aromatic nitrogens is 2. The van der Waals surface area contributed by atoms with E-state index in [-0.39, 0.29) is 11.0 Å². The predicted octanol–water partition coefficient (Wildman–Crippen LogP) is 6.27. The van der Waals surface area contributed by atoms with Crippen LogP contribution in [-0.2, 0) is 0 Å². The number of aryl methyl sites for hydroxylation is 1. The van der Waals surface area contributed by atoms with Crippen molar-refractivity contribution in [2.45, 2.75) is 6.92 Å². The first-order valence-corrected chi connectivity index (χ1v) is 10.1. The fourth-order valence-electron chi connectivity index (χ4n) is 3.05. The molecule has 0 saturated heterocycles. The van der Waals surface area contributed by atoms with Crippen LogP contribution in [0.3, 0.4) is 0 Å². The highest BCUT2D eigenvalue weighted by Crippen LogP contribution is 2.34. The molecule has 0 radical (unpaired) electrons. The maximum absolute atomic E-state index is 15.2. The molecule has 0 bridgehead atoms. The Kier molecular flexibility index (Phi) is 5.95. The van der Waals surface area contributed by atoms with Gasteiger partial charge in [0.05, 0.1) is 23.1 Å². The molecule has 0 fully saturated rings. The van der Waals surface area contributed by atoms with Crippen molar-refractivity contribution in [3.8, 4) is 5.75 Å². The summed E-state index contributed by atoms with van der Waals surface area (Å²) >= 11 is 2.06. The molecule has 0 amide bonds. The molecule has 1 heterocycles. The van der Waals surface area contributed by atoms with Crippen molar-refractivity contribution in [3.05, 3.63) is 80.2 Å². The summed E-state index contributed by atoms with van der Waals surface area (Å²) in [6.07, 6.45) is 1.15. The van der Waals surface area contributed by atoms with Gasteiger partial charge < -0.3 is 15.0 Å². The van der Waals surface area contributed by atoms with Crippen molar-refractivity contribution >= 4 is 51.0 Å². The van der Waals surface area contributed by atoms with E-state index in [1.165, 1.54) is 0 Å². The number of ether oxygens (including phenoxy) is 1. The number of imidazole rings is 1. The van der Waals surface area contributed by atoms with Crippen LogP contribution in [0.15, 0.2) is 30.6 Å². The van der Waals surface area contributed by atoms with E-state index in [2.05, 4.69) is 42.6 Å². The lowest BCUT2D eigenvalue weighted by molar-refractivity contribution is 0.0717. The molecule has 3 aromatic carbocycles. The molecule has 0 aliphatic carbocycles. The van der Waals surface area contributed by atoms with Crippen LogP contribution in [0.1, 0.15) is 15.9 Å². The Morgan fingerprint density at radius 3 is 2.24 bits per heavy atom. The summed E-state index contributed by atoms with van der Waals surface area (Å²) in [6, 6.07) is 6.14. The smallest absolute Gasteiger partial charge is 0.346 e. The minimum absolute atomic E-state index is 0.0294. The highest BCUT2D eigenvalue weighted by Gasteiger charge is 2.30. The molecule has 0 aliphatic heterocycles. The zero-order valence-electron chi connectivity index (χ0n) is 16.3. The molecule has 33 heavy (non-hydrogen) atoms. The molecule has 5 nitrogen and oxygen atoms in total. The van der Waals surface area contributed by atoms with Crippen molar-refractivity contribution in [2.75, 3.05) is 5.32 Å². The molecular weight excluding hydrogens is 567 g/mol. The number of carbonyl (C=O) groups is 1. The zero-order chi connectivity index (χ0) is 24.0. The molecule has 0 aliphatic rings. The van der Waals surface area contributed by atoms with Gasteiger partial charge in [0.2, 0.25) is 34.8 Å². The maximum atomic E-state index is 15.2. The fraction of sp³-hybridized carbons (Fsp3) is 0.0476. The summed E-state index contributed by atoms with van der Waals surface area (Å²) in [6.45, 7) is 1.71. The van der Waals surface area contributed by atoms with E-state index in [9.17, 15) is 26.7 Å². The van der Waals surface area contributed by atoms with Gasteiger partial charge in [-0.1, -0.05) is 0 Å². The molecule has 4 rings (SSSR count). The molecule has 0 atom stereocenters. The number of hydrogen-bond donors (Lipinski definition) is 2. The number of H-pyrrole nitrogens is 1. The van der Waals surface area contributed by atoms with Crippen molar-refractivity contribution in [3.63, 3.8) is 0 Å². The fourth-order valence-corrected chi connectivity index (χ4v) is 3.70.